The molecule has 1 saturated heterocycles. The Morgan fingerprint density at radius 2 is 1.72 bits per heavy atom. The number of carbonyl (C=O) groups excluding carboxylic acids is 2. The van der Waals surface area contributed by atoms with Crippen LogP contribution in [0.4, 0.5) is 5.69 Å². The van der Waals surface area contributed by atoms with Crippen molar-refractivity contribution < 1.29 is 14.3 Å². The highest BCUT2D eigenvalue weighted by Crippen LogP contribution is 2.43. The maximum absolute atomic E-state index is 12.3. The molecule has 0 aromatic heterocycles. The molecule has 4 rings (SSSR count). The molecule has 2 aliphatic rings. The van der Waals surface area contributed by atoms with Gasteiger partial charge in [0.05, 0.1) is 15.8 Å². The van der Waals surface area contributed by atoms with Gasteiger partial charge in [-0.05, 0) is 60.6 Å². The summed E-state index contributed by atoms with van der Waals surface area (Å²) in [7, 11) is 0. The topological polar surface area (TPSA) is 67.4 Å². The van der Waals surface area contributed by atoms with Crippen molar-refractivity contribution in [2.24, 2.45) is 0 Å². The Hall–Kier alpha value is -2.12. The molecule has 1 saturated carbocycles. The number of nitrogens with one attached hydrogen (secondary N) is 2. The molecule has 0 unspecified atom stereocenters. The van der Waals surface area contributed by atoms with Gasteiger partial charge in [0.15, 0.2) is 6.61 Å². The van der Waals surface area contributed by atoms with Gasteiger partial charge >= 0.3 is 0 Å². The van der Waals surface area contributed by atoms with E-state index in [1.807, 2.05) is 35.7 Å². The van der Waals surface area contributed by atoms with Crippen molar-refractivity contribution in [3.63, 3.8) is 0 Å². The molecule has 5 nitrogen and oxygen atoms in total. The molecule has 2 aromatic rings. The normalized spacial score (nSPS) is 16.8. The highest BCUT2D eigenvalue weighted by atomic mass is 32.2. The first-order valence-corrected chi connectivity index (χ1v) is 11.9. The van der Waals surface area contributed by atoms with Crippen LogP contribution < -0.4 is 15.4 Å². The molecule has 2 aromatic carbocycles. The van der Waals surface area contributed by atoms with Gasteiger partial charge in [0.1, 0.15) is 5.75 Å². The quantitative estimate of drug-likeness (QED) is 0.681. The van der Waals surface area contributed by atoms with Gasteiger partial charge in [-0.15, -0.1) is 23.5 Å². The smallest absolute Gasteiger partial charge is 0.262 e. The van der Waals surface area contributed by atoms with Gasteiger partial charge < -0.3 is 15.4 Å². The summed E-state index contributed by atoms with van der Waals surface area (Å²) in [6, 6.07) is 15.3. The van der Waals surface area contributed by atoms with E-state index >= 15 is 0 Å². The summed E-state index contributed by atoms with van der Waals surface area (Å²) in [4.78, 5) is 24.7. The van der Waals surface area contributed by atoms with Crippen LogP contribution in [0.2, 0.25) is 0 Å². The summed E-state index contributed by atoms with van der Waals surface area (Å²) in [5.74, 6) is 2.62. The van der Waals surface area contributed by atoms with E-state index in [1.54, 1.807) is 24.3 Å². The second kappa shape index (κ2) is 9.59. The highest BCUT2D eigenvalue weighted by Gasteiger charge is 2.25. The van der Waals surface area contributed by atoms with Crippen molar-refractivity contribution in [2.75, 3.05) is 23.4 Å². The number of amides is 2. The summed E-state index contributed by atoms with van der Waals surface area (Å²) in [6.45, 7) is -0.106. The van der Waals surface area contributed by atoms with Gasteiger partial charge in [0.25, 0.3) is 11.8 Å². The zero-order chi connectivity index (χ0) is 20.1. The lowest BCUT2D eigenvalue weighted by Crippen LogP contribution is -2.28. The Morgan fingerprint density at radius 1 is 1.00 bits per heavy atom. The first-order chi connectivity index (χ1) is 14.2. The van der Waals surface area contributed by atoms with Crippen molar-refractivity contribution in [1.82, 2.24) is 5.32 Å². The van der Waals surface area contributed by atoms with Crippen LogP contribution in [0.1, 0.15) is 39.8 Å². The lowest BCUT2D eigenvalue weighted by atomic mass is 10.1. The van der Waals surface area contributed by atoms with Gasteiger partial charge in [-0.3, -0.25) is 9.59 Å². The Kier molecular flexibility index (Phi) is 6.67. The third-order valence-electron chi connectivity index (χ3n) is 4.71. The molecule has 152 valence electrons. The molecule has 29 heavy (non-hydrogen) atoms. The maximum Gasteiger partial charge on any atom is 0.262 e. The monoisotopic (exact) mass is 428 g/mol. The Morgan fingerprint density at radius 3 is 2.45 bits per heavy atom. The number of para-hydroxylation sites is 1. The molecule has 0 spiro atoms. The highest BCUT2D eigenvalue weighted by molar-refractivity contribution is 8.16. The lowest BCUT2D eigenvalue weighted by Gasteiger charge is -2.21. The summed E-state index contributed by atoms with van der Waals surface area (Å²) < 4.78 is 6.12. The Labute approximate surface area is 179 Å². The number of carbonyl (C=O) groups is 2. The minimum Gasteiger partial charge on any atom is -0.484 e. The molecule has 2 amide bonds. The molecular formula is C22H24N2O3S2. The lowest BCUT2D eigenvalue weighted by molar-refractivity contribution is -0.118. The molecule has 0 atom stereocenters. The second-order valence-corrected chi connectivity index (χ2v) is 9.85. The van der Waals surface area contributed by atoms with E-state index in [-0.39, 0.29) is 24.5 Å². The average Bonchev–Trinajstić information content (AvgIpc) is 3.57. The molecule has 2 N–H and O–H groups in total. The molecule has 1 aliphatic heterocycles. The molecule has 2 fully saturated rings. The van der Waals surface area contributed by atoms with Gasteiger partial charge in [-0.25, -0.2) is 0 Å². The molecule has 1 aliphatic carbocycles. The second-order valence-electron chi connectivity index (χ2n) is 7.13. The van der Waals surface area contributed by atoms with E-state index in [2.05, 4.69) is 22.8 Å². The predicted octanol–water partition coefficient (Wildman–Crippen LogP) is 4.47. The van der Waals surface area contributed by atoms with Crippen molar-refractivity contribution in [3.05, 3.63) is 59.7 Å². The third kappa shape index (κ3) is 5.70. The van der Waals surface area contributed by atoms with Crippen LogP contribution in [0.3, 0.4) is 0 Å². The van der Waals surface area contributed by atoms with Crippen LogP contribution in [0.25, 0.3) is 0 Å². The number of anilines is 1. The molecule has 0 bridgehead atoms. The fourth-order valence-corrected chi connectivity index (χ4v) is 5.91. The van der Waals surface area contributed by atoms with Gasteiger partial charge in [0.2, 0.25) is 0 Å². The number of benzene rings is 2. The molecule has 7 heteroatoms. The summed E-state index contributed by atoms with van der Waals surface area (Å²) in [6.07, 6.45) is 3.31. The van der Waals surface area contributed by atoms with Crippen LogP contribution >= 0.6 is 23.5 Å². The van der Waals surface area contributed by atoms with Crippen molar-refractivity contribution >= 4 is 41.0 Å². The van der Waals surface area contributed by atoms with E-state index in [0.717, 1.165) is 12.8 Å². The van der Waals surface area contributed by atoms with Crippen molar-refractivity contribution in [2.45, 2.75) is 29.9 Å². The SMILES string of the molecule is O=C(COc1ccc(C2SCCCS2)cc1)Nc1ccccc1C(=O)NC1CC1. The molecule has 0 radical (unpaired) electrons. The van der Waals surface area contributed by atoms with E-state index in [1.165, 1.54) is 23.5 Å². The molecule has 1 heterocycles. The molecular weight excluding hydrogens is 404 g/mol. The number of rotatable bonds is 7. The first kappa shape index (κ1) is 20.2. The minimum atomic E-state index is -0.292. The Bertz CT molecular complexity index is 863. The van der Waals surface area contributed by atoms with Crippen LogP contribution in [-0.2, 0) is 4.79 Å². The largest absolute Gasteiger partial charge is 0.484 e. The average molecular weight is 429 g/mol. The standard InChI is InChI=1S/C22H24N2O3S2/c25-20(24-19-5-2-1-4-18(19)21(26)23-16-8-9-16)14-27-17-10-6-15(7-11-17)22-28-12-3-13-29-22/h1-2,4-7,10-11,16,22H,3,8-9,12-14H2,(H,23,26)(H,24,25). The van der Waals surface area contributed by atoms with Gasteiger partial charge in [-0.1, -0.05) is 24.3 Å². The van der Waals surface area contributed by atoms with Gasteiger partial charge in [-0.2, -0.15) is 0 Å². The maximum atomic E-state index is 12.3. The predicted molar refractivity (Wildman–Crippen MR) is 120 cm³/mol. The number of thioether (sulfide) groups is 2. The van der Waals surface area contributed by atoms with Crippen LogP contribution in [0.15, 0.2) is 48.5 Å². The fraction of sp³-hybridized carbons (Fsp3) is 0.364. The Balaban J connectivity index is 1.30. The van der Waals surface area contributed by atoms with E-state index in [0.29, 0.717) is 21.6 Å². The van der Waals surface area contributed by atoms with Crippen LogP contribution in [0, 0.1) is 0 Å². The van der Waals surface area contributed by atoms with Crippen molar-refractivity contribution in [3.8, 4) is 5.75 Å². The van der Waals surface area contributed by atoms with Crippen molar-refractivity contribution in [1.29, 1.82) is 0 Å². The fourth-order valence-electron chi connectivity index (χ4n) is 3.02. The summed E-state index contributed by atoms with van der Waals surface area (Å²) in [5.41, 5.74) is 2.26. The summed E-state index contributed by atoms with van der Waals surface area (Å²) in [5, 5.41) is 5.74. The minimum absolute atomic E-state index is 0.106. The number of hydrogen-bond acceptors (Lipinski definition) is 5. The van der Waals surface area contributed by atoms with E-state index in [9.17, 15) is 9.59 Å². The summed E-state index contributed by atoms with van der Waals surface area (Å²) >= 11 is 3.96. The van der Waals surface area contributed by atoms with Crippen LogP contribution in [0.5, 0.6) is 5.75 Å². The van der Waals surface area contributed by atoms with E-state index < -0.39 is 0 Å². The third-order valence-corrected chi connectivity index (χ3v) is 7.72. The number of ether oxygens (including phenoxy) is 1. The zero-order valence-corrected chi connectivity index (χ0v) is 17.7. The van der Waals surface area contributed by atoms with Crippen LogP contribution in [-0.4, -0.2) is 36.0 Å². The zero-order valence-electron chi connectivity index (χ0n) is 16.1. The van der Waals surface area contributed by atoms with Gasteiger partial charge in [0, 0.05) is 6.04 Å². The first-order valence-electron chi connectivity index (χ1n) is 9.85. The number of hydrogen-bond donors (Lipinski definition) is 2. The van der Waals surface area contributed by atoms with E-state index in [4.69, 9.17) is 4.74 Å².